The lowest BCUT2D eigenvalue weighted by molar-refractivity contribution is 0.103. The number of thioether (sulfide) groups is 1. The topological polar surface area (TPSA) is 29.5 Å². The van der Waals surface area contributed by atoms with Gasteiger partial charge in [-0.15, -0.1) is 0 Å². The molecule has 0 amide bonds. The fourth-order valence-corrected chi connectivity index (χ4v) is 2.89. The maximum Gasteiger partial charge on any atom is 0.0698 e. The van der Waals surface area contributed by atoms with Crippen LogP contribution in [-0.4, -0.2) is 35.9 Å². The molecule has 0 aliphatic heterocycles. The normalized spacial score (nSPS) is 19.2. The zero-order chi connectivity index (χ0) is 9.36. The van der Waals surface area contributed by atoms with E-state index in [1.54, 1.807) is 0 Å². The summed E-state index contributed by atoms with van der Waals surface area (Å²) in [6.07, 6.45) is 7.04. The minimum Gasteiger partial charge on any atom is -0.394 e. The van der Waals surface area contributed by atoms with Crippen molar-refractivity contribution >= 4 is 11.8 Å². The third-order valence-corrected chi connectivity index (χ3v) is 3.71. The van der Waals surface area contributed by atoms with Crippen LogP contribution in [0.15, 0.2) is 0 Å². The highest BCUT2D eigenvalue weighted by atomic mass is 32.2. The van der Waals surface area contributed by atoms with Gasteiger partial charge in [0.2, 0.25) is 0 Å². The summed E-state index contributed by atoms with van der Waals surface area (Å²) in [6.45, 7) is 1.43. The van der Waals surface area contributed by atoms with Gasteiger partial charge in [-0.25, -0.2) is 0 Å². The third-order valence-electron chi connectivity index (χ3n) is 2.37. The lowest BCUT2D eigenvalue weighted by Gasteiger charge is -2.20. The van der Waals surface area contributed by atoms with Crippen molar-refractivity contribution in [1.82, 2.24) is 0 Å². The Morgan fingerprint density at radius 2 is 1.92 bits per heavy atom. The summed E-state index contributed by atoms with van der Waals surface area (Å²) in [7, 11) is 0. The van der Waals surface area contributed by atoms with Gasteiger partial charge in [0, 0.05) is 11.0 Å². The van der Waals surface area contributed by atoms with E-state index in [1.807, 2.05) is 11.8 Å². The lowest BCUT2D eigenvalue weighted by Crippen LogP contribution is -2.11. The predicted octanol–water partition coefficient (Wildman–Crippen LogP) is 2.06. The molecule has 0 radical (unpaired) electrons. The van der Waals surface area contributed by atoms with E-state index in [0.29, 0.717) is 6.61 Å². The molecule has 0 unspecified atom stereocenters. The highest BCUT2D eigenvalue weighted by Gasteiger charge is 2.12. The van der Waals surface area contributed by atoms with Gasteiger partial charge in [-0.05, 0) is 12.8 Å². The van der Waals surface area contributed by atoms with Crippen LogP contribution in [0.4, 0.5) is 0 Å². The van der Waals surface area contributed by atoms with Gasteiger partial charge in [-0.2, -0.15) is 11.8 Å². The summed E-state index contributed by atoms with van der Waals surface area (Å²) in [6, 6.07) is 0. The van der Waals surface area contributed by atoms with Crippen LogP contribution in [0.2, 0.25) is 0 Å². The number of aliphatic hydroxyl groups is 1. The van der Waals surface area contributed by atoms with Gasteiger partial charge in [0.05, 0.1) is 19.8 Å². The van der Waals surface area contributed by atoms with E-state index in [0.717, 1.165) is 17.6 Å². The molecule has 1 aliphatic carbocycles. The van der Waals surface area contributed by atoms with Crippen molar-refractivity contribution in [3.8, 4) is 0 Å². The van der Waals surface area contributed by atoms with Crippen LogP contribution in [0, 0.1) is 0 Å². The van der Waals surface area contributed by atoms with Crippen molar-refractivity contribution in [3.05, 3.63) is 0 Å². The molecule has 0 spiro atoms. The second-order valence-electron chi connectivity index (χ2n) is 3.47. The molecule has 78 valence electrons. The van der Waals surface area contributed by atoms with Crippen molar-refractivity contribution < 1.29 is 9.84 Å². The summed E-state index contributed by atoms with van der Waals surface area (Å²) in [5.41, 5.74) is 0. The largest absolute Gasteiger partial charge is 0.394 e. The van der Waals surface area contributed by atoms with Gasteiger partial charge in [0.25, 0.3) is 0 Å². The fraction of sp³-hybridized carbons (Fsp3) is 1.00. The average Bonchev–Trinajstić information content (AvgIpc) is 2.19. The van der Waals surface area contributed by atoms with E-state index in [9.17, 15) is 0 Å². The van der Waals surface area contributed by atoms with Crippen LogP contribution in [0.5, 0.6) is 0 Å². The first-order valence-corrected chi connectivity index (χ1v) is 6.28. The summed E-state index contributed by atoms with van der Waals surface area (Å²) < 4.78 is 5.20. The third kappa shape index (κ3) is 5.55. The first kappa shape index (κ1) is 11.3. The molecule has 1 saturated carbocycles. The Hall–Kier alpha value is 0.270. The molecule has 0 bridgehead atoms. The molecule has 2 nitrogen and oxygen atoms in total. The Kier molecular flexibility index (Phi) is 6.68. The zero-order valence-electron chi connectivity index (χ0n) is 8.21. The molecule has 0 heterocycles. The Labute approximate surface area is 85.0 Å². The molecule has 1 fully saturated rings. The van der Waals surface area contributed by atoms with Crippen LogP contribution >= 0.6 is 11.8 Å². The van der Waals surface area contributed by atoms with E-state index < -0.39 is 0 Å². The molecular formula is C10H20O2S. The van der Waals surface area contributed by atoms with Crippen molar-refractivity contribution in [2.45, 2.75) is 37.4 Å². The second-order valence-corrected chi connectivity index (χ2v) is 4.88. The molecule has 0 atom stereocenters. The van der Waals surface area contributed by atoms with E-state index in [2.05, 4.69) is 0 Å². The summed E-state index contributed by atoms with van der Waals surface area (Å²) >= 11 is 2.04. The smallest absolute Gasteiger partial charge is 0.0698 e. The molecule has 3 heteroatoms. The Morgan fingerprint density at radius 1 is 1.15 bits per heavy atom. The number of hydrogen-bond acceptors (Lipinski definition) is 3. The second kappa shape index (κ2) is 7.65. The number of ether oxygens (including phenoxy) is 1. The van der Waals surface area contributed by atoms with E-state index in [1.165, 1.54) is 32.1 Å². The number of rotatable bonds is 6. The quantitative estimate of drug-likeness (QED) is 0.672. The maximum atomic E-state index is 8.48. The molecule has 1 N–H and O–H groups in total. The van der Waals surface area contributed by atoms with Crippen LogP contribution in [0.3, 0.4) is 0 Å². The first-order chi connectivity index (χ1) is 6.43. The molecule has 13 heavy (non-hydrogen) atoms. The van der Waals surface area contributed by atoms with Crippen LogP contribution in [-0.2, 0) is 4.74 Å². The van der Waals surface area contributed by atoms with Gasteiger partial charge in [0.15, 0.2) is 0 Å². The zero-order valence-corrected chi connectivity index (χ0v) is 9.02. The van der Waals surface area contributed by atoms with Crippen molar-refractivity contribution in [2.75, 3.05) is 25.6 Å². The summed E-state index contributed by atoms with van der Waals surface area (Å²) in [5, 5.41) is 9.36. The van der Waals surface area contributed by atoms with E-state index in [-0.39, 0.29) is 6.61 Å². The van der Waals surface area contributed by atoms with Crippen LogP contribution in [0.25, 0.3) is 0 Å². The molecule has 1 aliphatic rings. The summed E-state index contributed by atoms with van der Waals surface area (Å²) in [4.78, 5) is 0. The molecule has 0 aromatic carbocycles. The number of aliphatic hydroxyl groups excluding tert-OH is 1. The van der Waals surface area contributed by atoms with Crippen molar-refractivity contribution in [3.63, 3.8) is 0 Å². The van der Waals surface area contributed by atoms with Gasteiger partial charge < -0.3 is 9.84 Å². The van der Waals surface area contributed by atoms with Crippen LogP contribution < -0.4 is 0 Å². The van der Waals surface area contributed by atoms with Gasteiger partial charge >= 0.3 is 0 Å². The maximum absolute atomic E-state index is 8.48. The predicted molar refractivity (Wildman–Crippen MR) is 57.2 cm³/mol. The SMILES string of the molecule is OCCOCCSC1CCCCC1. The first-order valence-electron chi connectivity index (χ1n) is 5.23. The van der Waals surface area contributed by atoms with Crippen molar-refractivity contribution in [1.29, 1.82) is 0 Å². The lowest BCUT2D eigenvalue weighted by atomic mass is 10.0. The summed E-state index contributed by atoms with van der Waals surface area (Å²) in [5.74, 6) is 1.09. The minimum absolute atomic E-state index is 0.147. The average molecular weight is 204 g/mol. The highest BCUT2D eigenvalue weighted by Crippen LogP contribution is 2.27. The van der Waals surface area contributed by atoms with E-state index in [4.69, 9.17) is 9.84 Å². The van der Waals surface area contributed by atoms with Gasteiger partial charge in [0.1, 0.15) is 0 Å². The standard InChI is InChI=1S/C10H20O2S/c11-6-7-12-8-9-13-10-4-2-1-3-5-10/h10-11H,1-9H2. The fourth-order valence-electron chi connectivity index (χ4n) is 1.67. The minimum atomic E-state index is 0.147. The molecule has 0 aromatic rings. The Morgan fingerprint density at radius 3 is 2.62 bits per heavy atom. The van der Waals surface area contributed by atoms with Crippen LogP contribution in [0.1, 0.15) is 32.1 Å². The van der Waals surface area contributed by atoms with Crippen molar-refractivity contribution in [2.24, 2.45) is 0 Å². The molecular weight excluding hydrogens is 184 g/mol. The Bertz CT molecular complexity index is 113. The number of hydrogen-bond donors (Lipinski definition) is 1. The molecule has 0 saturated heterocycles. The monoisotopic (exact) mass is 204 g/mol. The Balaban J connectivity index is 1.86. The molecule has 1 rings (SSSR count). The molecule has 0 aromatic heterocycles. The van der Waals surface area contributed by atoms with E-state index >= 15 is 0 Å². The van der Waals surface area contributed by atoms with Gasteiger partial charge in [-0.3, -0.25) is 0 Å². The highest BCUT2D eigenvalue weighted by molar-refractivity contribution is 7.99. The van der Waals surface area contributed by atoms with Gasteiger partial charge in [-0.1, -0.05) is 19.3 Å².